The molecule has 1 aromatic carbocycles. The second-order valence-electron chi connectivity index (χ2n) is 4.21. The molecule has 1 saturated heterocycles. The van der Waals surface area contributed by atoms with E-state index in [4.69, 9.17) is 10.5 Å². The van der Waals surface area contributed by atoms with Crippen molar-refractivity contribution in [3.8, 4) is 0 Å². The SMILES string of the molecule is NCC1CN(Cc2ccc(F)c(Br)c2)CCO1. The highest BCUT2D eigenvalue weighted by molar-refractivity contribution is 9.10. The van der Waals surface area contributed by atoms with Gasteiger partial charge < -0.3 is 10.5 Å². The maximum atomic E-state index is 13.1. The molecule has 0 amide bonds. The van der Waals surface area contributed by atoms with Crippen LogP contribution in [0.3, 0.4) is 0 Å². The van der Waals surface area contributed by atoms with Gasteiger partial charge in [-0.05, 0) is 33.6 Å². The van der Waals surface area contributed by atoms with E-state index in [1.165, 1.54) is 6.07 Å². The molecule has 2 rings (SSSR count). The predicted octanol–water partition coefficient (Wildman–Crippen LogP) is 1.75. The Morgan fingerprint density at radius 1 is 1.53 bits per heavy atom. The van der Waals surface area contributed by atoms with Crippen LogP contribution in [0.25, 0.3) is 0 Å². The Morgan fingerprint density at radius 3 is 3.06 bits per heavy atom. The molecular weight excluding hydrogens is 287 g/mol. The number of hydrogen-bond acceptors (Lipinski definition) is 3. The number of morpholine rings is 1. The smallest absolute Gasteiger partial charge is 0.137 e. The second kappa shape index (κ2) is 5.91. The van der Waals surface area contributed by atoms with Crippen molar-refractivity contribution in [1.29, 1.82) is 0 Å². The first kappa shape index (κ1) is 13.0. The van der Waals surface area contributed by atoms with Gasteiger partial charge in [-0.3, -0.25) is 4.90 Å². The van der Waals surface area contributed by atoms with Crippen LogP contribution in [0.5, 0.6) is 0 Å². The van der Waals surface area contributed by atoms with Crippen LogP contribution in [0, 0.1) is 5.82 Å². The molecule has 0 spiro atoms. The van der Waals surface area contributed by atoms with E-state index in [-0.39, 0.29) is 11.9 Å². The maximum Gasteiger partial charge on any atom is 0.137 e. The third kappa shape index (κ3) is 3.48. The first-order valence-electron chi connectivity index (χ1n) is 5.67. The highest BCUT2D eigenvalue weighted by Gasteiger charge is 2.19. The molecule has 94 valence electrons. The Labute approximate surface area is 109 Å². The van der Waals surface area contributed by atoms with Crippen LogP contribution in [0.4, 0.5) is 4.39 Å². The first-order chi connectivity index (χ1) is 8.19. The van der Waals surface area contributed by atoms with Crippen LogP contribution in [0.15, 0.2) is 22.7 Å². The molecule has 3 nitrogen and oxygen atoms in total. The van der Waals surface area contributed by atoms with E-state index in [0.717, 1.165) is 25.2 Å². The molecule has 1 heterocycles. The Balaban J connectivity index is 1.97. The zero-order valence-corrected chi connectivity index (χ0v) is 11.1. The molecule has 2 N–H and O–H groups in total. The molecule has 0 aromatic heterocycles. The summed E-state index contributed by atoms with van der Waals surface area (Å²) in [4.78, 5) is 2.28. The Morgan fingerprint density at radius 2 is 2.35 bits per heavy atom. The van der Waals surface area contributed by atoms with Gasteiger partial charge in [-0.1, -0.05) is 6.07 Å². The molecule has 1 aromatic rings. The monoisotopic (exact) mass is 302 g/mol. The molecule has 1 unspecified atom stereocenters. The van der Waals surface area contributed by atoms with Gasteiger partial charge in [0.1, 0.15) is 5.82 Å². The van der Waals surface area contributed by atoms with Gasteiger partial charge in [0, 0.05) is 26.2 Å². The number of hydrogen-bond donors (Lipinski definition) is 1. The van der Waals surface area contributed by atoms with Crippen LogP contribution in [-0.4, -0.2) is 37.2 Å². The lowest BCUT2D eigenvalue weighted by atomic mass is 10.2. The van der Waals surface area contributed by atoms with Gasteiger partial charge in [-0.15, -0.1) is 0 Å². The average molecular weight is 303 g/mol. The zero-order valence-electron chi connectivity index (χ0n) is 9.53. The molecule has 5 heteroatoms. The fourth-order valence-corrected chi connectivity index (χ4v) is 2.39. The first-order valence-corrected chi connectivity index (χ1v) is 6.46. The van der Waals surface area contributed by atoms with Gasteiger partial charge in [-0.2, -0.15) is 0 Å². The minimum absolute atomic E-state index is 0.118. The Hall–Kier alpha value is -0.490. The van der Waals surface area contributed by atoms with Crippen LogP contribution in [0.2, 0.25) is 0 Å². The van der Waals surface area contributed by atoms with Crippen molar-refractivity contribution in [2.24, 2.45) is 5.73 Å². The average Bonchev–Trinajstić information content (AvgIpc) is 2.34. The van der Waals surface area contributed by atoms with Crippen molar-refractivity contribution in [2.75, 3.05) is 26.2 Å². The summed E-state index contributed by atoms with van der Waals surface area (Å²) in [7, 11) is 0. The molecule has 1 fully saturated rings. The highest BCUT2D eigenvalue weighted by atomic mass is 79.9. The molecule has 1 aliphatic rings. The normalized spacial score (nSPS) is 21.7. The Bertz CT molecular complexity index is 389. The lowest BCUT2D eigenvalue weighted by Crippen LogP contribution is -2.45. The van der Waals surface area contributed by atoms with E-state index in [9.17, 15) is 4.39 Å². The molecule has 0 bridgehead atoms. The van der Waals surface area contributed by atoms with E-state index >= 15 is 0 Å². The van der Waals surface area contributed by atoms with Crippen molar-refractivity contribution in [1.82, 2.24) is 4.90 Å². The number of halogens is 2. The zero-order chi connectivity index (χ0) is 12.3. The van der Waals surface area contributed by atoms with E-state index in [2.05, 4.69) is 20.8 Å². The fourth-order valence-electron chi connectivity index (χ4n) is 1.96. The van der Waals surface area contributed by atoms with Gasteiger partial charge in [0.2, 0.25) is 0 Å². The molecule has 1 aliphatic heterocycles. The van der Waals surface area contributed by atoms with Crippen molar-refractivity contribution in [3.05, 3.63) is 34.1 Å². The van der Waals surface area contributed by atoms with E-state index in [0.29, 0.717) is 17.6 Å². The summed E-state index contributed by atoms with van der Waals surface area (Å²) in [5.41, 5.74) is 6.69. The van der Waals surface area contributed by atoms with Gasteiger partial charge in [0.05, 0.1) is 17.2 Å². The van der Waals surface area contributed by atoms with Crippen LogP contribution >= 0.6 is 15.9 Å². The van der Waals surface area contributed by atoms with E-state index < -0.39 is 0 Å². The largest absolute Gasteiger partial charge is 0.374 e. The number of benzene rings is 1. The summed E-state index contributed by atoms with van der Waals surface area (Å²) >= 11 is 3.20. The molecular formula is C12H16BrFN2O. The highest BCUT2D eigenvalue weighted by Crippen LogP contribution is 2.18. The maximum absolute atomic E-state index is 13.1. The fraction of sp³-hybridized carbons (Fsp3) is 0.500. The number of ether oxygens (including phenoxy) is 1. The third-order valence-electron chi connectivity index (χ3n) is 2.88. The van der Waals surface area contributed by atoms with E-state index in [1.54, 1.807) is 0 Å². The summed E-state index contributed by atoms with van der Waals surface area (Å²) in [5, 5.41) is 0. The minimum atomic E-state index is -0.226. The molecule has 0 saturated carbocycles. The van der Waals surface area contributed by atoms with Gasteiger partial charge in [0.25, 0.3) is 0 Å². The molecule has 0 aliphatic carbocycles. The molecule has 17 heavy (non-hydrogen) atoms. The summed E-state index contributed by atoms with van der Waals surface area (Å²) in [6.07, 6.45) is 0.118. The number of nitrogens with zero attached hydrogens (tertiary/aromatic N) is 1. The van der Waals surface area contributed by atoms with Crippen LogP contribution in [0.1, 0.15) is 5.56 Å². The summed E-state index contributed by atoms with van der Waals surface area (Å²) in [6, 6.07) is 5.12. The van der Waals surface area contributed by atoms with Crippen molar-refractivity contribution in [3.63, 3.8) is 0 Å². The summed E-state index contributed by atoms with van der Waals surface area (Å²) in [6.45, 7) is 3.80. The standard InChI is InChI=1S/C12H16BrFN2O/c13-11-5-9(1-2-12(11)14)7-16-3-4-17-10(6-15)8-16/h1-2,5,10H,3-4,6-8,15H2. The number of nitrogens with two attached hydrogens (primary N) is 1. The van der Waals surface area contributed by atoms with Gasteiger partial charge in [0.15, 0.2) is 0 Å². The van der Waals surface area contributed by atoms with E-state index in [1.807, 2.05) is 12.1 Å². The predicted molar refractivity (Wildman–Crippen MR) is 68.2 cm³/mol. The van der Waals surface area contributed by atoms with Crippen molar-refractivity contribution in [2.45, 2.75) is 12.6 Å². The quantitative estimate of drug-likeness (QED) is 0.924. The molecule has 0 radical (unpaired) electrons. The number of rotatable bonds is 3. The lowest BCUT2D eigenvalue weighted by molar-refractivity contribution is -0.0260. The van der Waals surface area contributed by atoms with Crippen molar-refractivity contribution >= 4 is 15.9 Å². The summed E-state index contributed by atoms with van der Waals surface area (Å²) < 4.78 is 19.1. The van der Waals surface area contributed by atoms with Gasteiger partial charge in [-0.25, -0.2) is 4.39 Å². The minimum Gasteiger partial charge on any atom is -0.374 e. The van der Waals surface area contributed by atoms with Crippen LogP contribution < -0.4 is 5.73 Å². The second-order valence-corrected chi connectivity index (χ2v) is 5.07. The lowest BCUT2D eigenvalue weighted by Gasteiger charge is -2.32. The third-order valence-corrected chi connectivity index (χ3v) is 3.48. The summed E-state index contributed by atoms with van der Waals surface area (Å²) in [5.74, 6) is -0.226. The van der Waals surface area contributed by atoms with Gasteiger partial charge >= 0.3 is 0 Å². The van der Waals surface area contributed by atoms with Crippen LogP contribution in [-0.2, 0) is 11.3 Å². The topological polar surface area (TPSA) is 38.5 Å². The van der Waals surface area contributed by atoms with Crippen molar-refractivity contribution < 1.29 is 9.13 Å². The Kier molecular flexibility index (Phi) is 4.50. The molecule has 1 atom stereocenters.